The average molecular weight is 197 g/mol. The van der Waals surface area contributed by atoms with Crippen molar-refractivity contribution in [3.8, 4) is 11.8 Å². The highest BCUT2D eigenvalue weighted by atomic mass is 16.5. The molecule has 0 bridgehead atoms. The molecule has 1 heterocycles. The molecule has 1 aromatic rings. The van der Waals surface area contributed by atoms with E-state index in [1.54, 1.807) is 12.2 Å². The number of ether oxygens (including phenoxy) is 1. The first-order valence-electron chi connectivity index (χ1n) is 4.57. The molecule has 1 N–H and O–H groups in total. The summed E-state index contributed by atoms with van der Waals surface area (Å²) in [5, 5.41) is 11.4. The normalized spacial score (nSPS) is 18.6. The van der Waals surface area contributed by atoms with Crippen LogP contribution in [0.15, 0.2) is 48.1 Å². The summed E-state index contributed by atoms with van der Waals surface area (Å²) in [4.78, 5) is 0. The number of nitrogens with one attached hydrogen (secondary N) is 1. The summed E-state index contributed by atoms with van der Waals surface area (Å²) >= 11 is 0. The number of nitrogens with zero attached hydrogens (tertiary/aromatic N) is 1. The zero-order chi connectivity index (χ0) is 10.5. The van der Waals surface area contributed by atoms with Gasteiger partial charge in [0.05, 0.1) is 11.8 Å². The van der Waals surface area contributed by atoms with E-state index in [4.69, 9.17) is 10.00 Å². The van der Waals surface area contributed by atoms with Crippen molar-refractivity contribution in [3.63, 3.8) is 0 Å². The third kappa shape index (κ3) is 2.38. The molecule has 0 saturated heterocycles. The van der Waals surface area contributed by atoms with Gasteiger partial charge in [0.1, 0.15) is 11.8 Å². The van der Waals surface area contributed by atoms with Crippen LogP contribution in [-0.2, 0) is 0 Å². The molecule has 1 aromatic carbocycles. The second kappa shape index (κ2) is 4.34. The highest BCUT2D eigenvalue weighted by Crippen LogP contribution is 2.12. The van der Waals surface area contributed by atoms with Crippen LogP contribution in [0.25, 0.3) is 0 Å². The summed E-state index contributed by atoms with van der Waals surface area (Å²) in [6.07, 6.45) is 5.94. The molecule has 3 heteroatoms. The van der Waals surface area contributed by atoms with Crippen LogP contribution in [0.3, 0.4) is 0 Å². The van der Waals surface area contributed by atoms with Crippen LogP contribution in [0, 0.1) is 17.5 Å². The number of hydrogen-bond donors (Lipinski definition) is 1. The van der Waals surface area contributed by atoms with Gasteiger partial charge in [0.15, 0.2) is 6.23 Å². The first-order chi connectivity index (χ1) is 7.38. The van der Waals surface area contributed by atoms with E-state index >= 15 is 0 Å². The summed E-state index contributed by atoms with van der Waals surface area (Å²) in [7, 11) is 0. The Morgan fingerprint density at radius 1 is 1.33 bits per heavy atom. The fraction of sp³-hybridized carbons (Fsp3) is 0.0833. The molecule has 0 fully saturated rings. The predicted octanol–water partition coefficient (Wildman–Crippen LogP) is 1.76. The zero-order valence-corrected chi connectivity index (χ0v) is 7.97. The molecule has 0 saturated carbocycles. The summed E-state index contributed by atoms with van der Waals surface area (Å²) in [5.41, 5.74) is 0.475. The van der Waals surface area contributed by atoms with E-state index in [0.29, 0.717) is 5.57 Å². The Morgan fingerprint density at radius 3 is 2.73 bits per heavy atom. The fourth-order valence-electron chi connectivity index (χ4n) is 1.20. The lowest BCUT2D eigenvalue weighted by molar-refractivity contribution is 0.224. The molecule has 0 amide bonds. The molecule has 3 nitrogen and oxygen atoms in total. The van der Waals surface area contributed by atoms with Gasteiger partial charge in [-0.25, -0.2) is 0 Å². The van der Waals surface area contributed by atoms with E-state index in [-0.39, 0.29) is 6.23 Å². The monoisotopic (exact) mass is 197 g/mol. The van der Waals surface area contributed by atoms with Gasteiger partial charge >= 0.3 is 0 Å². The highest BCUT2D eigenvalue weighted by Gasteiger charge is 2.08. The lowest BCUT2D eigenvalue weighted by Gasteiger charge is -2.17. The quantitative estimate of drug-likeness (QED) is 0.785. The smallest absolute Gasteiger partial charge is 0.189 e. The van der Waals surface area contributed by atoms with Crippen molar-refractivity contribution in [3.05, 3.63) is 54.3 Å². The van der Waals surface area contributed by atoms with Crippen LogP contribution < -0.4 is 10.1 Å². The third-order valence-corrected chi connectivity index (χ3v) is 1.91. The van der Waals surface area contributed by atoms with Gasteiger partial charge in [0, 0.05) is 0 Å². The Labute approximate surface area is 88.3 Å². The van der Waals surface area contributed by atoms with Crippen molar-refractivity contribution in [1.82, 2.24) is 5.32 Å². The number of rotatable bonds is 2. The molecular weight excluding hydrogens is 188 g/mol. The van der Waals surface area contributed by atoms with E-state index in [0.717, 1.165) is 5.75 Å². The predicted molar refractivity (Wildman–Crippen MR) is 55.5 cm³/mol. The lowest BCUT2D eigenvalue weighted by Crippen LogP contribution is -2.30. The molecule has 1 atom stereocenters. The Balaban J connectivity index is 1.98. The second-order valence-corrected chi connectivity index (χ2v) is 3.01. The van der Waals surface area contributed by atoms with Gasteiger partial charge in [0.2, 0.25) is 0 Å². The minimum absolute atomic E-state index is 0.260. The van der Waals surface area contributed by atoms with Crippen LogP contribution in [-0.4, -0.2) is 6.23 Å². The van der Waals surface area contributed by atoms with E-state index in [2.05, 4.69) is 11.5 Å². The van der Waals surface area contributed by atoms with Crippen molar-refractivity contribution >= 4 is 0 Å². The minimum Gasteiger partial charge on any atom is -0.467 e. The maximum absolute atomic E-state index is 8.59. The molecule has 2 rings (SSSR count). The lowest BCUT2D eigenvalue weighted by atomic mass is 10.2. The van der Waals surface area contributed by atoms with Gasteiger partial charge in [-0.3, -0.25) is 0 Å². The molecule has 73 valence electrons. The number of benzene rings is 1. The molecule has 0 unspecified atom stereocenters. The standard InChI is InChI=1S/C12H9N2O/c13-8-10-6-7-12(14-9-10)15-11-4-2-1-3-5-11/h1-7,12,14H/t12-/m1/s1. The van der Waals surface area contributed by atoms with Gasteiger partial charge < -0.3 is 10.1 Å². The molecule has 1 aliphatic heterocycles. The average Bonchev–Trinajstić information content (AvgIpc) is 2.31. The highest BCUT2D eigenvalue weighted by molar-refractivity contribution is 5.33. The molecule has 0 spiro atoms. The maximum Gasteiger partial charge on any atom is 0.189 e. The van der Waals surface area contributed by atoms with E-state index in [1.165, 1.54) is 0 Å². The summed E-state index contributed by atoms with van der Waals surface area (Å²) in [6.45, 7) is 0. The van der Waals surface area contributed by atoms with Crippen molar-refractivity contribution < 1.29 is 4.74 Å². The van der Waals surface area contributed by atoms with E-state index < -0.39 is 0 Å². The van der Waals surface area contributed by atoms with Gasteiger partial charge in [-0.15, -0.1) is 0 Å². The molecule has 0 aromatic heterocycles. The number of dihydropyridines is 1. The van der Waals surface area contributed by atoms with Crippen molar-refractivity contribution in [2.45, 2.75) is 6.23 Å². The second-order valence-electron chi connectivity index (χ2n) is 3.01. The van der Waals surface area contributed by atoms with Gasteiger partial charge in [-0.05, 0) is 24.3 Å². The SMILES string of the molecule is N#CC1=[C]N[C@H](Oc2ccccc2)C=C1. The maximum atomic E-state index is 8.59. The van der Waals surface area contributed by atoms with Crippen molar-refractivity contribution in [2.24, 2.45) is 0 Å². The molecule has 1 radical (unpaired) electrons. The third-order valence-electron chi connectivity index (χ3n) is 1.91. The van der Waals surface area contributed by atoms with Crippen LogP contribution >= 0.6 is 0 Å². The van der Waals surface area contributed by atoms with Crippen LogP contribution in [0.4, 0.5) is 0 Å². The molecular formula is C12H9N2O. The van der Waals surface area contributed by atoms with E-state index in [1.807, 2.05) is 36.4 Å². The van der Waals surface area contributed by atoms with Gasteiger partial charge in [-0.2, -0.15) is 5.26 Å². The molecule has 1 aliphatic rings. The Kier molecular flexibility index (Phi) is 2.70. The summed E-state index contributed by atoms with van der Waals surface area (Å²) in [5.74, 6) is 0.779. The van der Waals surface area contributed by atoms with Gasteiger partial charge in [-0.1, -0.05) is 18.2 Å². The summed E-state index contributed by atoms with van der Waals surface area (Å²) in [6, 6.07) is 11.5. The Hall–Kier alpha value is -2.21. The minimum atomic E-state index is -0.260. The topological polar surface area (TPSA) is 45.0 Å². The zero-order valence-electron chi connectivity index (χ0n) is 7.97. The summed E-state index contributed by atoms with van der Waals surface area (Å²) < 4.78 is 5.56. The van der Waals surface area contributed by atoms with Crippen LogP contribution in [0.1, 0.15) is 0 Å². The van der Waals surface area contributed by atoms with Crippen LogP contribution in [0.2, 0.25) is 0 Å². The largest absolute Gasteiger partial charge is 0.467 e. The number of nitriles is 1. The Bertz CT molecular complexity index is 429. The molecule has 0 aliphatic carbocycles. The van der Waals surface area contributed by atoms with Crippen molar-refractivity contribution in [2.75, 3.05) is 0 Å². The first-order valence-corrected chi connectivity index (χ1v) is 4.57. The fourth-order valence-corrected chi connectivity index (χ4v) is 1.20. The van der Waals surface area contributed by atoms with Crippen LogP contribution in [0.5, 0.6) is 5.75 Å². The molecule has 15 heavy (non-hydrogen) atoms. The number of para-hydroxylation sites is 1. The number of hydrogen-bond acceptors (Lipinski definition) is 3. The van der Waals surface area contributed by atoms with E-state index in [9.17, 15) is 0 Å². The first kappa shape index (κ1) is 9.35. The Morgan fingerprint density at radius 2 is 2.13 bits per heavy atom. The van der Waals surface area contributed by atoms with Gasteiger partial charge in [0.25, 0.3) is 0 Å². The van der Waals surface area contributed by atoms with Crippen molar-refractivity contribution in [1.29, 1.82) is 5.26 Å². The number of allylic oxidation sites excluding steroid dienone is 2.